The third-order valence-corrected chi connectivity index (χ3v) is 3.37. The van der Waals surface area contributed by atoms with Crippen LogP contribution in [0, 0.1) is 0 Å². The minimum atomic E-state index is 0.544. The first-order valence-electron chi connectivity index (χ1n) is 7.38. The topological polar surface area (TPSA) is 105 Å². The maximum absolute atomic E-state index is 5.68. The van der Waals surface area contributed by atoms with Gasteiger partial charge in [-0.1, -0.05) is 0 Å². The number of imidazole rings is 1. The van der Waals surface area contributed by atoms with Crippen LogP contribution in [0.1, 0.15) is 5.69 Å². The van der Waals surface area contributed by atoms with E-state index in [9.17, 15) is 0 Å². The molecule has 0 amide bonds. The van der Waals surface area contributed by atoms with Crippen LogP contribution in [0.3, 0.4) is 0 Å². The zero-order valence-electron chi connectivity index (χ0n) is 12.9. The van der Waals surface area contributed by atoms with E-state index in [2.05, 4.69) is 30.6 Å². The maximum atomic E-state index is 5.68. The van der Waals surface area contributed by atoms with E-state index in [1.165, 1.54) is 0 Å². The second kappa shape index (κ2) is 6.82. The minimum Gasteiger partial charge on any atom is -0.399 e. The first kappa shape index (κ1) is 14.9. The lowest BCUT2D eigenvalue weighted by molar-refractivity contribution is 0.967. The normalized spacial score (nSPS) is 10.4. The van der Waals surface area contributed by atoms with Crippen LogP contribution in [0.2, 0.25) is 0 Å². The van der Waals surface area contributed by atoms with Gasteiger partial charge >= 0.3 is 0 Å². The predicted molar refractivity (Wildman–Crippen MR) is 95.1 cm³/mol. The van der Waals surface area contributed by atoms with E-state index in [1.54, 1.807) is 12.5 Å². The number of aromatic amines is 1. The van der Waals surface area contributed by atoms with Crippen LogP contribution in [0.25, 0.3) is 0 Å². The molecule has 3 aromatic rings. The van der Waals surface area contributed by atoms with E-state index in [-0.39, 0.29) is 0 Å². The number of nitrogen functional groups attached to an aromatic ring is 1. The largest absolute Gasteiger partial charge is 0.399 e. The van der Waals surface area contributed by atoms with Gasteiger partial charge in [0.15, 0.2) is 0 Å². The fourth-order valence-corrected chi connectivity index (χ4v) is 2.11. The first-order valence-corrected chi connectivity index (χ1v) is 7.38. The van der Waals surface area contributed by atoms with Gasteiger partial charge in [-0.15, -0.1) is 0 Å². The lowest BCUT2D eigenvalue weighted by atomic mass is 9.99. The Kier molecular flexibility index (Phi) is 4.42. The van der Waals surface area contributed by atoms with Crippen LogP contribution in [0.15, 0.2) is 43.0 Å². The van der Waals surface area contributed by atoms with Gasteiger partial charge in [-0.3, -0.25) is 0 Å². The summed E-state index contributed by atoms with van der Waals surface area (Å²) in [6.07, 6.45) is 6.19. The van der Waals surface area contributed by atoms with Crippen LogP contribution in [-0.2, 0) is 6.42 Å². The Morgan fingerprint density at radius 1 is 1.17 bits per heavy atom. The van der Waals surface area contributed by atoms with Gasteiger partial charge in [-0.25, -0.2) is 9.97 Å². The maximum Gasteiger partial charge on any atom is 0.229 e. The summed E-state index contributed by atoms with van der Waals surface area (Å²) < 4.78 is 0. The number of benzene rings is 1. The number of nitrogens with two attached hydrogens (primary N) is 1. The van der Waals surface area contributed by atoms with Crippen LogP contribution < -0.4 is 21.8 Å². The average molecular weight is 307 g/mol. The molecule has 0 saturated carbocycles. The number of nitrogens with zero attached hydrogens (tertiary/aromatic N) is 3. The Labute approximate surface area is 135 Å². The molecule has 3 rings (SSSR count). The smallest absolute Gasteiger partial charge is 0.229 e. The van der Waals surface area contributed by atoms with Gasteiger partial charge in [-0.05, 0) is 29.7 Å². The second-order valence-electron chi connectivity index (χ2n) is 5.21. The lowest BCUT2D eigenvalue weighted by Gasteiger charge is -2.11. The number of aromatic nitrogens is 4. The lowest BCUT2D eigenvalue weighted by Crippen LogP contribution is -2.18. The zero-order chi connectivity index (χ0) is 16.1. The molecule has 2 heterocycles. The summed E-state index contributed by atoms with van der Waals surface area (Å²) >= 11 is 0. The Bertz CT molecular complexity index is 756. The van der Waals surface area contributed by atoms with Gasteiger partial charge in [0.05, 0.1) is 12.0 Å². The molecule has 0 aliphatic heterocycles. The Morgan fingerprint density at radius 2 is 2.00 bits per heavy atom. The van der Waals surface area contributed by atoms with Gasteiger partial charge in [0.25, 0.3) is 0 Å². The molecule has 116 valence electrons. The van der Waals surface area contributed by atoms with Crippen molar-refractivity contribution in [1.29, 1.82) is 0 Å². The monoisotopic (exact) mass is 307 g/mol. The molecule has 0 radical (unpaired) electrons. The third kappa shape index (κ3) is 4.00. The number of hydrogen-bond donors (Lipinski definition) is 4. The molecule has 0 atom stereocenters. The number of anilines is 4. The summed E-state index contributed by atoms with van der Waals surface area (Å²) in [7, 11) is 1.98. The molecular formula is C15H18BN7. The Hall–Kier alpha value is -3.03. The molecule has 0 aliphatic rings. The molecule has 8 heteroatoms. The highest BCUT2D eigenvalue weighted by molar-refractivity contribution is 6.35. The summed E-state index contributed by atoms with van der Waals surface area (Å²) in [5.74, 6) is 1.36. The van der Waals surface area contributed by atoms with E-state index in [1.807, 2.05) is 38.3 Å². The van der Waals surface area contributed by atoms with E-state index in [0.29, 0.717) is 5.95 Å². The van der Waals surface area contributed by atoms with Crippen molar-refractivity contribution in [2.24, 2.45) is 0 Å². The second-order valence-corrected chi connectivity index (χ2v) is 5.21. The summed E-state index contributed by atoms with van der Waals surface area (Å²) in [6.45, 7) is 0.754. The molecule has 0 spiro atoms. The van der Waals surface area contributed by atoms with Crippen molar-refractivity contribution < 1.29 is 0 Å². The minimum absolute atomic E-state index is 0.544. The molecule has 7 nitrogen and oxygen atoms in total. The van der Waals surface area contributed by atoms with Crippen LogP contribution in [-0.4, -0.2) is 34.3 Å². The number of rotatable bonds is 6. The summed E-state index contributed by atoms with van der Waals surface area (Å²) in [5, 5.41) is 6.49. The van der Waals surface area contributed by atoms with Crippen molar-refractivity contribution in [3.05, 3.63) is 48.7 Å². The summed E-state index contributed by atoms with van der Waals surface area (Å²) in [5.41, 5.74) is 9.31. The number of H-pyrrole nitrogens is 1. The quantitative estimate of drug-likeness (QED) is 0.389. The molecular weight excluding hydrogens is 289 g/mol. The summed E-state index contributed by atoms with van der Waals surface area (Å²) in [6, 6.07) is 7.45. The molecule has 0 aliphatic carbocycles. The van der Waals surface area contributed by atoms with Crippen molar-refractivity contribution in [1.82, 2.24) is 19.9 Å². The molecule has 2 aromatic heterocycles. The van der Waals surface area contributed by atoms with Crippen LogP contribution in [0.4, 0.5) is 23.1 Å². The van der Waals surface area contributed by atoms with Gasteiger partial charge in [0.2, 0.25) is 5.95 Å². The first-order chi connectivity index (χ1) is 11.2. The highest BCUT2D eigenvalue weighted by Crippen LogP contribution is 2.15. The standard InChI is InChI=1S/C15H18BN7/c16-13-8-20-15(22-11-3-1-10(17)2-4-11)23-14(13)19-6-5-12-7-18-9-21-12/h1-4,7-9H,5-6,16-17H2,(H,18,21)(H2,19,20,22,23). The van der Waals surface area contributed by atoms with Crippen LogP contribution in [0.5, 0.6) is 0 Å². The van der Waals surface area contributed by atoms with E-state index >= 15 is 0 Å². The van der Waals surface area contributed by atoms with Crippen molar-refractivity contribution in [3.63, 3.8) is 0 Å². The Morgan fingerprint density at radius 3 is 2.74 bits per heavy atom. The highest BCUT2D eigenvalue weighted by Gasteiger charge is 2.04. The van der Waals surface area contributed by atoms with Crippen molar-refractivity contribution in [3.8, 4) is 0 Å². The Balaban J connectivity index is 1.64. The molecule has 1 aromatic carbocycles. The average Bonchev–Trinajstić information content (AvgIpc) is 3.06. The fourth-order valence-electron chi connectivity index (χ4n) is 2.11. The van der Waals surface area contributed by atoms with Gasteiger partial charge < -0.3 is 21.4 Å². The molecule has 23 heavy (non-hydrogen) atoms. The number of hydrogen-bond acceptors (Lipinski definition) is 6. The fraction of sp³-hybridized carbons (Fsp3) is 0.133. The molecule has 0 bridgehead atoms. The molecule has 0 fully saturated rings. The predicted octanol–water partition coefficient (Wildman–Crippen LogP) is 0.438. The van der Waals surface area contributed by atoms with Gasteiger partial charge in [0, 0.05) is 36.7 Å². The van der Waals surface area contributed by atoms with Crippen LogP contribution >= 0.6 is 0 Å². The van der Waals surface area contributed by atoms with Crippen molar-refractivity contribution in [2.75, 3.05) is 22.9 Å². The van der Waals surface area contributed by atoms with Gasteiger partial charge in [-0.2, -0.15) is 4.98 Å². The number of nitrogens with one attached hydrogen (secondary N) is 3. The third-order valence-electron chi connectivity index (χ3n) is 3.37. The van der Waals surface area contributed by atoms with E-state index < -0.39 is 0 Å². The zero-order valence-corrected chi connectivity index (χ0v) is 12.9. The SMILES string of the molecule is Bc1cnc(Nc2ccc(N)cc2)nc1NCCc1c[nH]cn1. The summed E-state index contributed by atoms with van der Waals surface area (Å²) in [4.78, 5) is 16.0. The van der Waals surface area contributed by atoms with E-state index in [0.717, 1.165) is 41.3 Å². The molecule has 0 unspecified atom stereocenters. The molecule has 5 N–H and O–H groups in total. The van der Waals surface area contributed by atoms with Crippen molar-refractivity contribution in [2.45, 2.75) is 6.42 Å². The molecule has 0 saturated heterocycles. The van der Waals surface area contributed by atoms with E-state index in [4.69, 9.17) is 5.73 Å². The highest BCUT2D eigenvalue weighted by atomic mass is 15.1. The van der Waals surface area contributed by atoms with Gasteiger partial charge in [0.1, 0.15) is 13.7 Å². The van der Waals surface area contributed by atoms with Crippen molar-refractivity contribution >= 4 is 36.5 Å².